The lowest BCUT2D eigenvalue weighted by molar-refractivity contribution is 0.0303. The van der Waals surface area contributed by atoms with Crippen LogP contribution in [0.5, 0.6) is 0 Å². The van der Waals surface area contributed by atoms with Crippen LogP contribution in [0.1, 0.15) is 20.3 Å². The quantitative estimate of drug-likeness (QED) is 0.465. The zero-order valence-electron chi connectivity index (χ0n) is 5.68. The molecular weight excluding hydrogens is 100 g/mol. The molecule has 1 nitrogen and oxygen atoms in total. The topological polar surface area (TPSA) is 9.23 Å². The highest BCUT2D eigenvalue weighted by Crippen LogP contribution is 2.19. The molecule has 2 unspecified atom stereocenters. The lowest BCUT2D eigenvalue weighted by Crippen LogP contribution is -2.22. The standard InChI is InChI=1S/C7H14O/c1-6-3-4-8-5-7(6)2/h6-7H,3-5H2,1-2H3. The molecule has 0 radical (unpaired) electrons. The Labute approximate surface area is 51.0 Å². The van der Waals surface area contributed by atoms with Crippen molar-refractivity contribution in [3.05, 3.63) is 0 Å². The maximum atomic E-state index is 5.25. The Morgan fingerprint density at radius 3 is 2.38 bits per heavy atom. The smallest absolute Gasteiger partial charge is 0.0494 e. The minimum atomic E-state index is 0.781. The summed E-state index contributed by atoms with van der Waals surface area (Å²) in [6.07, 6.45) is 1.25. The van der Waals surface area contributed by atoms with Crippen LogP contribution in [-0.2, 0) is 4.74 Å². The van der Waals surface area contributed by atoms with Gasteiger partial charge in [-0.1, -0.05) is 13.8 Å². The van der Waals surface area contributed by atoms with Gasteiger partial charge in [-0.25, -0.2) is 0 Å². The molecule has 1 rings (SSSR count). The van der Waals surface area contributed by atoms with Gasteiger partial charge in [-0.2, -0.15) is 0 Å². The van der Waals surface area contributed by atoms with Crippen LogP contribution in [0.4, 0.5) is 0 Å². The highest BCUT2D eigenvalue weighted by atomic mass is 16.5. The predicted molar refractivity (Wildman–Crippen MR) is 33.8 cm³/mol. The highest BCUT2D eigenvalue weighted by molar-refractivity contribution is 4.64. The van der Waals surface area contributed by atoms with Crippen molar-refractivity contribution in [1.82, 2.24) is 0 Å². The van der Waals surface area contributed by atoms with Crippen molar-refractivity contribution in [3.63, 3.8) is 0 Å². The maximum absolute atomic E-state index is 5.25. The zero-order valence-corrected chi connectivity index (χ0v) is 5.68. The largest absolute Gasteiger partial charge is 0.381 e. The average molecular weight is 114 g/mol. The van der Waals surface area contributed by atoms with Crippen LogP contribution >= 0.6 is 0 Å². The van der Waals surface area contributed by atoms with Gasteiger partial charge in [0.15, 0.2) is 0 Å². The van der Waals surface area contributed by atoms with E-state index in [4.69, 9.17) is 4.74 Å². The van der Waals surface area contributed by atoms with Crippen molar-refractivity contribution in [3.8, 4) is 0 Å². The molecule has 0 aromatic rings. The second kappa shape index (κ2) is 2.49. The normalized spacial score (nSPS) is 39.8. The van der Waals surface area contributed by atoms with Gasteiger partial charge in [0, 0.05) is 13.2 Å². The van der Waals surface area contributed by atoms with Crippen molar-refractivity contribution in [2.24, 2.45) is 11.8 Å². The Hall–Kier alpha value is -0.0400. The molecule has 0 amide bonds. The van der Waals surface area contributed by atoms with Crippen LogP contribution in [0.15, 0.2) is 0 Å². The van der Waals surface area contributed by atoms with Gasteiger partial charge in [-0.3, -0.25) is 0 Å². The van der Waals surface area contributed by atoms with Crippen molar-refractivity contribution < 1.29 is 4.74 Å². The number of hydrogen-bond acceptors (Lipinski definition) is 1. The molecule has 1 fully saturated rings. The average Bonchev–Trinajstić information content (AvgIpc) is 1.77. The van der Waals surface area contributed by atoms with Crippen LogP contribution in [0.3, 0.4) is 0 Å². The molecule has 2 atom stereocenters. The monoisotopic (exact) mass is 114 g/mol. The van der Waals surface area contributed by atoms with E-state index in [0.717, 1.165) is 25.0 Å². The van der Waals surface area contributed by atoms with Crippen molar-refractivity contribution in [2.75, 3.05) is 13.2 Å². The molecule has 0 N–H and O–H groups in total. The van der Waals surface area contributed by atoms with E-state index < -0.39 is 0 Å². The van der Waals surface area contributed by atoms with Gasteiger partial charge in [-0.05, 0) is 18.3 Å². The van der Waals surface area contributed by atoms with E-state index in [9.17, 15) is 0 Å². The van der Waals surface area contributed by atoms with Gasteiger partial charge in [-0.15, -0.1) is 0 Å². The summed E-state index contributed by atoms with van der Waals surface area (Å²) in [5.74, 6) is 1.66. The molecule has 0 aliphatic carbocycles. The Morgan fingerprint density at radius 2 is 2.00 bits per heavy atom. The summed E-state index contributed by atoms with van der Waals surface area (Å²) >= 11 is 0. The summed E-state index contributed by atoms with van der Waals surface area (Å²) in [4.78, 5) is 0. The minimum absolute atomic E-state index is 0.781. The molecule has 0 saturated carbocycles. The maximum Gasteiger partial charge on any atom is 0.0494 e. The summed E-state index contributed by atoms with van der Waals surface area (Å²) in [7, 11) is 0. The molecule has 1 heteroatoms. The van der Waals surface area contributed by atoms with Crippen LogP contribution in [0.25, 0.3) is 0 Å². The molecule has 0 aromatic heterocycles. The summed E-state index contributed by atoms with van der Waals surface area (Å²) in [5, 5.41) is 0. The Balaban J connectivity index is 2.28. The molecule has 48 valence electrons. The van der Waals surface area contributed by atoms with Crippen LogP contribution in [0.2, 0.25) is 0 Å². The second-order valence-corrected chi connectivity index (χ2v) is 2.82. The second-order valence-electron chi connectivity index (χ2n) is 2.82. The molecule has 0 aromatic carbocycles. The summed E-state index contributed by atoms with van der Waals surface area (Å²) in [6.45, 7) is 6.50. The van der Waals surface area contributed by atoms with Gasteiger partial charge in [0.25, 0.3) is 0 Å². The Morgan fingerprint density at radius 1 is 1.25 bits per heavy atom. The summed E-state index contributed by atoms with van der Waals surface area (Å²) < 4.78 is 5.25. The third-order valence-corrected chi connectivity index (χ3v) is 2.07. The number of hydrogen-bond donors (Lipinski definition) is 0. The Kier molecular flexibility index (Phi) is 1.90. The predicted octanol–water partition coefficient (Wildman–Crippen LogP) is 1.68. The summed E-state index contributed by atoms with van der Waals surface area (Å²) in [5.41, 5.74) is 0. The first-order chi connectivity index (χ1) is 3.80. The fourth-order valence-corrected chi connectivity index (χ4v) is 0.987. The Bertz CT molecular complexity index is 60.8. The van der Waals surface area contributed by atoms with E-state index in [0.29, 0.717) is 0 Å². The minimum Gasteiger partial charge on any atom is -0.381 e. The first kappa shape index (κ1) is 6.09. The van der Waals surface area contributed by atoms with E-state index >= 15 is 0 Å². The van der Waals surface area contributed by atoms with E-state index in [-0.39, 0.29) is 0 Å². The van der Waals surface area contributed by atoms with E-state index in [1.807, 2.05) is 0 Å². The molecule has 0 bridgehead atoms. The molecule has 1 aliphatic rings. The molecule has 1 aliphatic heterocycles. The molecule has 1 saturated heterocycles. The zero-order chi connectivity index (χ0) is 5.98. The van der Waals surface area contributed by atoms with Gasteiger partial charge < -0.3 is 4.74 Å². The number of rotatable bonds is 0. The molecule has 1 heterocycles. The molecule has 8 heavy (non-hydrogen) atoms. The number of ether oxygens (including phenoxy) is 1. The van der Waals surface area contributed by atoms with Crippen LogP contribution < -0.4 is 0 Å². The summed E-state index contributed by atoms with van der Waals surface area (Å²) in [6, 6.07) is 0. The molecule has 0 spiro atoms. The van der Waals surface area contributed by atoms with E-state index in [1.165, 1.54) is 6.42 Å². The van der Waals surface area contributed by atoms with E-state index in [1.54, 1.807) is 0 Å². The van der Waals surface area contributed by atoms with Crippen LogP contribution in [0, 0.1) is 11.8 Å². The molecular formula is C7H14O. The first-order valence-electron chi connectivity index (χ1n) is 3.38. The third-order valence-electron chi connectivity index (χ3n) is 2.07. The fraction of sp³-hybridized carbons (Fsp3) is 1.00. The SMILES string of the molecule is CC1CCOCC1C. The lowest BCUT2D eigenvalue weighted by atomic mass is 9.92. The van der Waals surface area contributed by atoms with Crippen molar-refractivity contribution in [1.29, 1.82) is 0 Å². The van der Waals surface area contributed by atoms with Crippen LogP contribution in [-0.4, -0.2) is 13.2 Å². The van der Waals surface area contributed by atoms with Gasteiger partial charge in [0.2, 0.25) is 0 Å². The fourth-order valence-electron chi connectivity index (χ4n) is 0.987. The lowest BCUT2D eigenvalue weighted by Gasteiger charge is -2.24. The van der Waals surface area contributed by atoms with Gasteiger partial charge in [0.05, 0.1) is 0 Å². The first-order valence-corrected chi connectivity index (χ1v) is 3.38. The highest BCUT2D eigenvalue weighted by Gasteiger charge is 2.16. The third kappa shape index (κ3) is 1.22. The van der Waals surface area contributed by atoms with Crippen molar-refractivity contribution in [2.45, 2.75) is 20.3 Å². The van der Waals surface area contributed by atoms with Crippen molar-refractivity contribution >= 4 is 0 Å². The van der Waals surface area contributed by atoms with Gasteiger partial charge >= 0.3 is 0 Å². The van der Waals surface area contributed by atoms with E-state index in [2.05, 4.69) is 13.8 Å². The van der Waals surface area contributed by atoms with Gasteiger partial charge in [0.1, 0.15) is 0 Å².